The third-order valence-electron chi connectivity index (χ3n) is 7.68. The van der Waals surface area contributed by atoms with E-state index in [0.29, 0.717) is 19.1 Å². The maximum Gasteiger partial charge on any atom is 0.219 e. The van der Waals surface area contributed by atoms with Gasteiger partial charge in [0.15, 0.2) is 11.5 Å². The van der Waals surface area contributed by atoms with Crippen LogP contribution >= 0.6 is 0 Å². The second-order valence-corrected chi connectivity index (χ2v) is 10.5. The van der Waals surface area contributed by atoms with Crippen LogP contribution in [0.25, 0.3) is 0 Å². The quantitative estimate of drug-likeness (QED) is 0.400. The molecule has 4 rings (SSSR count). The number of hydrogen-bond donors (Lipinski definition) is 1. The van der Waals surface area contributed by atoms with Gasteiger partial charge in [-0.3, -0.25) is 4.79 Å². The summed E-state index contributed by atoms with van der Waals surface area (Å²) in [7, 11) is 1.67. The summed E-state index contributed by atoms with van der Waals surface area (Å²) in [4.78, 5) is 20.7. The van der Waals surface area contributed by atoms with Gasteiger partial charge in [0.2, 0.25) is 5.91 Å². The molecule has 8 heteroatoms. The average molecular weight is 525 g/mol. The number of nitrogens with zero attached hydrogens (tertiary/aromatic N) is 3. The molecule has 0 atom stereocenters. The molecular formula is C30H44N4O4. The maximum atomic E-state index is 11.5. The van der Waals surface area contributed by atoms with Crippen LogP contribution in [0.15, 0.2) is 46.4 Å². The van der Waals surface area contributed by atoms with Gasteiger partial charge in [0.05, 0.1) is 26.1 Å². The third-order valence-corrected chi connectivity index (χ3v) is 7.68. The topological polar surface area (TPSA) is 75.6 Å². The van der Waals surface area contributed by atoms with Crippen molar-refractivity contribution in [1.82, 2.24) is 9.80 Å². The number of aliphatic imine (C=N–C) groups is 1. The van der Waals surface area contributed by atoms with E-state index >= 15 is 0 Å². The number of amides is 1. The Kier molecular flexibility index (Phi) is 10.5. The third kappa shape index (κ3) is 8.25. The van der Waals surface area contributed by atoms with Crippen LogP contribution in [0.5, 0.6) is 11.5 Å². The van der Waals surface area contributed by atoms with Crippen molar-refractivity contribution in [1.29, 1.82) is 0 Å². The number of nitrogens with one attached hydrogen (secondary N) is 1. The fraction of sp³-hybridized carbons (Fsp3) is 0.600. The van der Waals surface area contributed by atoms with E-state index < -0.39 is 0 Å². The van der Waals surface area contributed by atoms with Crippen LogP contribution in [0.2, 0.25) is 0 Å². The maximum absolute atomic E-state index is 11.5. The minimum atomic E-state index is 0.168. The first-order valence-corrected chi connectivity index (χ1v) is 14.1. The lowest BCUT2D eigenvalue weighted by Crippen LogP contribution is -2.38. The van der Waals surface area contributed by atoms with E-state index in [1.54, 1.807) is 14.0 Å². The van der Waals surface area contributed by atoms with E-state index in [-0.39, 0.29) is 5.91 Å². The highest BCUT2D eigenvalue weighted by atomic mass is 16.5. The molecular weight excluding hydrogens is 480 g/mol. The predicted octanol–water partition coefficient (Wildman–Crippen LogP) is 5.23. The molecule has 1 amide bonds. The average Bonchev–Trinajstić information content (AvgIpc) is 3.44. The zero-order chi connectivity index (χ0) is 26.7. The van der Waals surface area contributed by atoms with E-state index in [0.717, 1.165) is 80.5 Å². The summed E-state index contributed by atoms with van der Waals surface area (Å²) in [5, 5.41) is 3.47. The van der Waals surface area contributed by atoms with Crippen LogP contribution in [-0.4, -0.2) is 75.0 Å². The Labute approximate surface area is 227 Å². The van der Waals surface area contributed by atoms with E-state index in [1.807, 2.05) is 35.4 Å². The molecule has 0 saturated carbocycles. The molecule has 3 heterocycles. The van der Waals surface area contributed by atoms with Crippen LogP contribution in [0.4, 0.5) is 5.69 Å². The summed E-state index contributed by atoms with van der Waals surface area (Å²) in [6, 6.07) is 5.92. The normalized spacial score (nSPS) is 20.5. The Hall–Kier alpha value is -3.00. The number of methoxy groups -OCH3 is 1. The Morgan fingerprint density at radius 2 is 1.87 bits per heavy atom. The fourth-order valence-electron chi connectivity index (χ4n) is 5.20. The minimum Gasteiger partial charge on any atom is -0.498 e. The summed E-state index contributed by atoms with van der Waals surface area (Å²) in [6.07, 6.45) is 11.1. The minimum absolute atomic E-state index is 0.168. The van der Waals surface area contributed by atoms with Gasteiger partial charge >= 0.3 is 0 Å². The molecule has 208 valence electrons. The van der Waals surface area contributed by atoms with Gasteiger partial charge in [-0.15, -0.1) is 0 Å². The van der Waals surface area contributed by atoms with Gasteiger partial charge in [-0.25, -0.2) is 4.99 Å². The van der Waals surface area contributed by atoms with Gasteiger partial charge in [0.25, 0.3) is 0 Å². The first-order chi connectivity index (χ1) is 18.5. The van der Waals surface area contributed by atoms with E-state index in [2.05, 4.69) is 17.1 Å². The second kappa shape index (κ2) is 14.2. The first-order valence-electron chi connectivity index (χ1n) is 14.1. The summed E-state index contributed by atoms with van der Waals surface area (Å²) < 4.78 is 17.8. The summed E-state index contributed by atoms with van der Waals surface area (Å²) >= 11 is 0. The molecule has 2 saturated heterocycles. The lowest BCUT2D eigenvalue weighted by molar-refractivity contribution is -0.130. The van der Waals surface area contributed by atoms with Gasteiger partial charge in [0, 0.05) is 50.9 Å². The van der Waals surface area contributed by atoms with Gasteiger partial charge in [-0.1, -0.05) is 0 Å². The molecule has 0 aliphatic carbocycles. The molecule has 1 N–H and O–H groups in total. The Bertz CT molecular complexity index is 1020. The predicted molar refractivity (Wildman–Crippen MR) is 152 cm³/mol. The molecule has 3 aliphatic heterocycles. The van der Waals surface area contributed by atoms with Crippen LogP contribution in [0.3, 0.4) is 0 Å². The number of likely N-dealkylation sites (tertiary alicyclic amines) is 2. The summed E-state index contributed by atoms with van der Waals surface area (Å²) in [6.45, 7) is 10.3. The van der Waals surface area contributed by atoms with Gasteiger partial charge in [-0.05, 0) is 88.2 Å². The van der Waals surface area contributed by atoms with Gasteiger partial charge in [-0.2, -0.15) is 0 Å². The molecule has 0 spiro atoms. The Morgan fingerprint density at radius 1 is 1.08 bits per heavy atom. The smallest absolute Gasteiger partial charge is 0.219 e. The van der Waals surface area contributed by atoms with Crippen LogP contribution in [0, 0.1) is 5.92 Å². The number of allylic oxidation sites excluding steroid dienone is 3. The fourth-order valence-corrected chi connectivity index (χ4v) is 5.20. The molecule has 0 radical (unpaired) electrons. The molecule has 1 aromatic rings. The van der Waals surface area contributed by atoms with Crippen molar-refractivity contribution in [3.8, 4) is 11.5 Å². The van der Waals surface area contributed by atoms with Crippen molar-refractivity contribution in [2.75, 3.05) is 58.4 Å². The molecule has 8 nitrogen and oxygen atoms in total. The lowest BCUT2D eigenvalue weighted by Gasteiger charge is -2.31. The molecule has 0 unspecified atom stereocenters. The number of piperidine rings is 1. The molecule has 2 fully saturated rings. The highest BCUT2D eigenvalue weighted by molar-refractivity contribution is 5.74. The summed E-state index contributed by atoms with van der Waals surface area (Å²) in [5.41, 5.74) is 2.10. The molecule has 0 aromatic heterocycles. The molecule has 1 aromatic carbocycles. The summed E-state index contributed by atoms with van der Waals surface area (Å²) in [5.74, 6) is 3.96. The number of rotatable bonds is 11. The highest BCUT2D eigenvalue weighted by Crippen LogP contribution is 2.32. The van der Waals surface area contributed by atoms with Crippen molar-refractivity contribution in [2.24, 2.45) is 10.9 Å². The van der Waals surface area contributed by atoms with Crippen molar-refractivity contribution < 1.29 is 19.0 Å². The van der Waals surface area contributed by atoms with Crippen molar-refractivity contribution in [2.45, 2.75) is 58.8 Å². The zero-order valence-electron chi connectivity index (χ0n) is 23.3. The van der Waals surface area contributed by atoms with E-state index in [9.17, 15) is 4.79 Å². The van der Waals surface area contributed by atoms with Gasteiger partial charge < -0.3 is 29.3 Å². The number of anilines is 1. The van der Waals surface area contributed by atoms with E-state index in [1.165, 1.54) is 31.5 Å². The zero-order valence-corrected chi connectivity index (χ0v) is 23.3. The van der Waals surface area contributed by atoms with Crippen molar-refractivity contribution >= 4 is 17.8 Å². The number of benzene rings is 1. The number of carbonyl (C=O) groups excluding carboxylic acids is 1. The van der Waals surface area contributed by atoms with Crippen LogP contribution in [0.1, 0.15) is 58.8 Å². The molecule has 38 heavy (non-hydrogen) atoms. The van der Waals surface area contributed by atoms with Crippen LogP contribution < -0.4 is 14.8 Å². The Balaban J connectivity index is 1.28. The lowest BCUT2D eigenvalue weighted by atomic mass is 9.98. The largest absolute Gasteiger partial charge is 0.498 e. The number of hydrogen-bond acceptors (Lipinski definition) is 7. The standard InChI is InChI=1S/C30H44N4O4/c1-23-7-9-27(38-22-25-12-18-34(19-13-25)24(2)35)11-14-31-30(23)32-26-8-10-28(36-3)29(21-26)37-20-6-17-33-15-4-5-16-33/h8,10-11,14,21,25,32H,4-7,9,12-13,15-20,22H2,1-3H3/b27-11-,30-23?,31-14?. The van der Waals surface area contributed by atoms with E-state index in [4.69, 9.17) is 19.2 Å². The second-order valence-electron chi connectivity index (χ2n) is 10.5. The molecule has 0 bridgehead atoms. The number of carbonyl (C=O) groups is 1. The van der Waals surface area contributed by atoms with Gasteiger partial charge in [0.1, 0.15) is 5.82 Å². The first kappa shape index (κ1) is 28.0. The van der Waals surface area contributed by atoms with Crippen molar-refractivity contribution in [3.05, 3.63) is 41.4 Å². The monoisotopic (exact) mass is 524 g/mol. The molecule has 3 aliphatic rings. The number of ether oxygens (including phenoxy) is 3. The Morgan fingerprint density at radius 3 is 2.61 bits per heavy atom. The SMILES string of the molecule is COc1ccc(NC2=C(C)CC/C(OCC3CCN(C(C)=O)CC3)=C/C=N2)cc1OCCCN1CCCC1. The van der Waals surface area contributed by atoms with Crippen molar-refractivity contribution in [3.63, 3.8) is 0 Å². The van der Waals surface area contributed by atoms with Crippen LogP contribution in [-0.2, 0) is 9.53 Å². The highest BCUT2D eigenvalue weighted by Gasteiger charge is 2.21.